The summed E-state index contributed by atoms with van der Waals surface area (Å²) >= 11 is 1.10. The number of hydrogen-bond donors (Lipinski definition) is 2. The fourth-order valence-electron chi connectivity index (χ4n) is 2.17. The quantitative estimate of drug-likeness (QED) is 0.768. The number of amidine groups is 1. The Kier molecular flexibility index (Phi) is 3.61. The fourth-order valence-corrected chi connectivity index (χ4v) is 3.14. The zero-order chi connectivity index (χ0) is 15.9. The first kappa shape index (κ1) is 14.6. The lowest BCUT2D eigenvalue weighted by molar-refractivity contribution is -0.120. The lowest BCUT2D eigenvalue weighted by Gasteiger charge is -2.20. The number of amides is 2. The van der Waals surface area contributed by atoms with Gasteiger partial charge in [0.25, 0.3) is 5.91 Å². The summed E-state index contributed by atoms with van der Waals surface area (Å²) in [5, 5.41) is 11.6. The van der Waals surface area contributed by atoms with Gasteiger partial charge in [0.2, 0.25) is 5.91 Å². The minimum absolute atomic E-state index is 0.0925. The lowest BCUT2D eigenvalue weighted by Crippen LogP contribution is -2.40. The number of hydrazine groups is 1. The molecule has 2 aliphatic rings. The second kappa shape index (κ2) is 5.45. The van der Waals surface area contributed by atoms with Gasteiger partial charge < -0.3 is 5.11 Å². The Morgan fingerprint density at radius 3 is 2.91 bits per heavy atom. The van der Waals surface area contributed by atoms with Crippen LogP contribution >= 0.6 is 11.8 Å². The van der Waals surface area contributed by atoms with E-state index in [1.54, 1.807) is 5.01 Å². The van der Waals surface area contributed by atoms with Crippen molar-refractivity contribution in [2.75, 3.05) is 0 Å². The summed E-state index contributed by atoms with van der Waals surface area (Å²) in [6.07, 6.45) is 1.78. The van der Waals surface area contributed by atoms with E-state index in [1.807, 2.05) is 6.92 Å². The maximum atomic E-state index is 13.0. The second-order valence-electron chi connectivity index (χ2n) is 4.97. The van der Waals surface area contributed by atoms with Crippen LogP contribution in [0.2, 0.25) is 0 Å². The summed E-state index contributed by atoms with van der Waals surface area (Å²) in [6, 6.07) is 3.45. The molecule has 0 aliphatic carbocycles. The van der Waals surface area contributed by atoms with Crippen LogP contribution in [-0.4, -0.2) is 33.1 Å². The molecule has 1 fully saturated rings. The molecule has 8 heteroatoms. The van der Waals surface area contributed by atoms with Gasteiger partial charge in [-0.2, -0.15) is 4.99 Å². The fraction of sp³-hybridized carbons (Fsp3) is 0.214. The highest BCUT2D eigenvalue weighted by atomic mass is 32.2. The summed E-state index contributed by atoms with van der Waals surface area (Å²) in [7, 11) is 0. The van der Waals surface area contributed by atoms with Crippen molar-refractivity contribution in [1.82, 2.24) is 10.4 Å². The summed E-state index contributed by atoms with van der Waals surface area (Å²) < 4.78 is 13.0. The Bertz CT molecular complexity index is 732. The molecule has 0 radical (unpaired) electrons. The van der Waals surface area contributed by atoms with Crippen molar-refractivity contribution in [3.05, 3.63) is 34.5 Å². The number of phenolic OH excluding ortho intramolecular Hbond substituents is 1. The highest BCUT2D eigenvalue weighted by Gasteiger charge is 2.34. The number of aromatic hydroxyl groups is 1. The van der Waals surface area contributed by atoms with Crippen molar-refractivity contribution < 1.29 is 19.1 Å². The Hall–Kier alpha value is -2.35. The first-order valence-corrected chi connectivity index (χ1v) is 7.35. The summed E-state index contributed by atoms with van der Waals surface area (Å²) in [5.41, 5.74) is 2.96. The van der Waals surface area contributed by atoms with Gasteiger partial charge in [-0.15, -0.1) is 0 Å². The van der Waals surface area contributed by atoms with Crippen LogP contribution in [0.1, 0.15) is 18.9 Å². The third kappa shape index (κ3) is 2.69. The van der Waals surface area contributed by atoms with E-state index in [1.165, 1.54) is 18.2 Å². The smallest absolute Gasteiger partial charge is 0.286 e. The number of hydrogen-bond acceptors (Lipinski definition) is 5. The van der Waals surface area contributed by atoms with Gasteiger partial charge in [-0.3, -0.25) is 20.0 Å². The number of nitrogens with one attached hydrogen (secondary N) is 1. The largest absolute Gasteiger partial charge is 0.507 e. The van der Waals surface area contributed by atoms with Crippen LogP contribution in [0.25, 0.3) is 6.08 Å². The highest BCUT2D eigenvalue weighted by molar-refractivity contribution is 8.18. The van der Waals surface area contributed by atoms with E-state index in [2.05, 4.69) is 10.4 Å². The molecule has 6 nitrogen and oxygen atoms in total. The Balaban J connectivity index is 1.82. The number of thioether (sulfide) groups is 1. The number of carbonyl (C=O) groups is 2. The van der Waals surface area contributed by atoms with E-state index in [9.17, 15) is 19.1 Å². The van der Waals surface area contributed by atoms with Crippen LogP contribution < -0.4 is 5.43 Å². The molecular weight excluding hydrogens is 309 g/mol. The highest BCUT2D eigenvalue weighted by Crippen LogP contribution is 2.33. The number of nitrogens with zero attached hydrogens (tertiary/aromatic N) is 2. The predicted molar refractivity (Wildman–Crippen MR) is 80.1 cm³/mol. The van der Waals surface area contributed by atoms with Crippen molar-refractivity contribution in [1.29, 1.82) is 0 Å². The van der Waals surface area contributed by atoms with Gasteiger partial charge in [0.15, 0.2) is 5.17 Å². The Labute approximate surface area is 129 Å². The number of benzene rings is 1. The molecule has 2 heterocycles. The number of rotatable bonds is 1. The van der Waals surface area contributed by atoms with Gasteiger partial charge in [0.05, 0.1) is 17.4 Å². The molecule has 1 saturated heterocycles. The topological polar surface area (TPSA) is 82.0 Å². The number of halogens is 1. The van der Waals surface area contributed by atoms with Gasteiger partial charge >= 0.3 is 0 Å². The molecule has 0 bridgehead atoms. The summed E-state index contributed by atoms with van der Waals surface area (Å²) in [5.74, 6) is -1.40. The van der Waals surface area contributed by atoms with Crippen LogP contribution in [0.5, 0.6) is 5.75 Å². The first-order chi connectivity index (χ1) is 10.4. The van der Waals surface area contributed by atoms with E-state index < -0.39 is 11.7 Å². The molecule has 0 aromatic heterocycles. The van der Waals surface area contributed by atoms with Gasteiger partial charge in [-0.05, 0) is 36.9 Å². The molecule has 0 saturated carbocycles. The van der Waals surface area contributed by atoms with Gasteiger partial charge in [0.1, 0.15) is 11.6 Å². The maximum absolute atomic E-state index is 13.0. The average Bonchev–Trinajstić information content (AvgIpc) is 2.96. The van der Waals surface area contributed by atoms with Crippen LogP contribution in [0.3, 0.4) is 0 Å². The zero-order valence-corrected chi connectivity index (χ0v) is 12.4. The molecule has 2 amide bonds. The Morgan fingerprint density at radius 2 is 2.27 bits per heavy atom. The molecule has 2 N–H and O–H groups in total. The van der Waals surface area contributed by atoms with Gasteiger partial charge in [-0.1, -0.05) is 0 Å². The molecule has 1 atom stereocenters. The molecule has 1 unspecified atom stereocenters. The molecule has 3 rings (SSSR count). The Morgan fingerprint density at radius 1 is 1.50 bits per heavy atom. The third-order valence-corrected chi connectivity index (χ3v) is 4.24. The standard InChI is InChI=1S/C14H12FN3O3S/c1-7-4-12(20)17-18(7)14-16-13(21)11(22-14)5-8-2-3-9(15)6-10(8)19/h2-3,5-7,19H,4H2,1H3,(H,17,20). The predicted octanol–water partition coefficient (Wildman–Crippen LogP) is 1.63. The molecular formula is C14H12FN3O3S. The van der Waals surface area contributed by atoms with E-state index in [-0.39, 0.29) is 17.7 Å². The molecule has 0 spiro atoms. The third-order valence-electron chi connectivity index (χ3n) is 3.26. The van der Waals surface area contributed by atoms with Crippen molar-refractivity contribution >= 4 is 34.8 Å². The first-order valence-electron chi connectivity index (χ1n) is 6.54. The number of aliphatic imine (C=N–C) groups is 1. The monoisotopic (exact) mass is 321 g/mol. The summed E-state index contributed by atoms with van der Waals surface area (Å²) in [4.78, 5) is 27.5. The molecule has 2 aliphatic heterocycles. The van der Waals surface area contributed by atoms with Crippen molar-refractivity contribution in [3.8, 4) is 5.75 Å². The summed E-state index contributed by atoms with van der Waals surface area (Å²) in [6.45, 7) is 1.85. The van der Waals surface area contributed by atoms with Gasteiger partial charge in [-0.25, -0.2) is 4.39 Å². The number of phenols is 1. The maximum Gasteiger partial charge on any atom is 0.286 e. The van der Waals surface area contributed by atoms with E-state index >= 15 is 0 Å². The van der Waals surface area contributed by atoms with Crippen molar-refractivity contribution in [2.45, 2.75) is 19.4 Å². The van der Waals surface area contributed by atoms with E-state index in [0.717, 1.165) is 17.8 Å². The van der Waals surface area contributed by atoms with Crippen molar-refractivity contribution in [3.63, 3.8) is 0 Å². The van der Waals surface area contributed by atoms with Crippen LogP contribution in [0, 0.1) is 5.82 Å². The normalized spacial score (nSPS) is 23.2. The average molecular weight is 321 g/mol. The van der Waals surface area contributed by atoms with Crippen LogP contribution in [-0.2, 0) is 9.59 Å². The second-order valence-corrected chi connectivity index (χ2v) is 5.98. The van der Waals surface area contributed by atoms with Gasteiger partial charge in [0, 0.05) is 11.6 Å². The molecule has 1 aromatic rings. The molecule has 22 heavy (non-hydrogen) atoms. The molecule has 114 valence electrons. The van der Waals surface area contributed by atoms with E-state index in [4.69, 9.17) is 0 Å². The zero-order valence-electron chi connectivity index (χ0n) is 11.5. The number of carbonyl (C=O) groups excluding carboxylic acids is 2. The lowest BCUT2D eigenvalue weighted by atomic mass is 10.2. The minimum atomic E-state index is -0.560. The van der Waals surface area contributed by atoms with E-state index in [0.29, 0.717) is 22.1 Å². The van der Waals surface area contributed by atoms with Crippen LogP contribution in [0.4, 0.5) is 4.39 Å². The minimum Gasteiger partial charge on any atom is -0.507 e. The van der Waals surface area contributed by atoms with Crippen molar-refractivity contribution in [2.24, 2.45) is 4.99 Å². The SMILES string of the molecule is CC1CC(=O)NN1C1=NC(=O)C(=Cc2ccc(F)cc2O)S1. The molecule has 1 aromatic carbocycles. The van der Waals surface area contributed by atoms with Crippen LogP contribution in [0.15, 0.2) is 28.1 Å².